The fraction of sp³-hybridized carbons (Fsp3) is 0.533. The number of hydrogen-bond donors (Lipinski definition) is 2. The number of nitrogens with one attached hydrogen (secondary N) is 1. The van der Waals surface area contributed by atoms with Crippen molar-refractivity contribution in [1.82, 2.24) is 0 Å². The van der Waals surface area contributed by atoms with E-state index in [0.717, 1.165) is 37.2 Å². The van der Waals surface area contributed by atoms with Crippen molar-refractivity contribution in [2.24, 2.45) is 0 Å². The molecule has 1 aromatic rings. The molecule has 0 bridgehead atoms. The van der Waals surface area contributed by atoms with Gasteiger partial charge in [-0.3, -0.25) is 0 Å². The van der Waals surface area contributed by atoms with Gasteiger partial charge in [-0.05, 0) is 56.4 Å². The second-order valence-corrected chi connectivity index (χ2v) is 5.04. The Morgan fingerprint density at radius 1 is 1.47 bits per heavy atom. The highest BCUT2D eigenvalue weighted by Gasteiger charge is 2.13. The van der Waals surface area contributed by atoms with Crippen LogP contribution in [-0.4, -0.2) is 30.3 Å². The molecule has 2 rings (SSSR count). The normalized spacial score (nSPS) is 19.1. The molecule has 0 aromatic heterocycles. The van der Waals surface area contributed by atoms with E-state index < -0.39 is 5.97 Å². The maximum absolute atomic E-state index is 10.8. The van der Waals surface area contributed by atoms with Crippen LogP contribution in [0, 0.1) is 6.92 Å². The van der Waals surface area contributed by atoms with Gasteiger partial charge in [0.05, 0.1) is 11.7 Å². The molecule has 1 aliphatic heterocycles. The highest BCUT2D eigenvalue weighted by molar-refractivity contribution is 5.88. The molecule has 19 heavy (non-hydrogen) atoms. The molecular formula is C15H21NO3. The third-order valence-electron chi connectivity index (χ3n) is 3.53. The Labute approximate surface area is 113 Å². The zero-order chi connectivity index (χ0) is 13.7. The molecule has 1 unspecified atom stereocenters. The number of aromatic carboxylic acids is 1. The Morgan fingerprint density at radius 2 is 2.32 bits per heavy atom. The minimum Gasteiger partial charge on any atom is -0.478 e. The van der Waals surface area contributed by atoms with E-state index in [0.29, 0.717) is 11.7 Å². The van der Waals surface area contributed by atoms with Crippen molar-refractivity contribution in [2.75, 3.05) is 18.5 Å². The summed E-state index contributed by atoms with van der Waals surface area (Å²) in [6.07, 6.45) is 4.97. The largest absolute Gasteiger partial charge is 0.478 e. The Morgan fingerprint density at radius 3 is 2.95 bits per heavy atom. The zero-order valence-corrected chi connectivity index (χ0v) is 11.3. The molecule has 1 fully saturated rings. The molecule has 0 spiro atoms. The van der Waals surface area contributed by atoms with Gasteiger partial charge in [-0.1, -0.05) is 0 Å². The summed E-state index contributed by atoms with van der Waals surface area (Å²) in [6.45, 7) is 3.67. The summed E-state index contributed by atoms with van der Waals surface area (Å²) in [6, 6.07) is 5.16. The molecule has 1 atom stereocenters. The van der Waals surface area contributed by atoms with Crippen LogP contribution in [0.25, 0.3) is 0 Å². The molecule has 0 amide bonds. The Kier molecular flexibility index (Phi) is 4.80. The van der Waals surface area contributed by atoms with Gasteiger partial charge < -0.3 is 15.2 Å². The summed E-state index contributed by atoms with van der Waals surface area (Å²) in [5, 5.41) is 12.3. The number of hydrogen-bond acceptors (Lipinski definition) is 3. The summed E-state index contributed by atoms with van der Waals surface area (Å²) in [7, 11) is 0. The SMILES string of the molecule is Cc1cc(C(=O)O)ccc1NCCC1CCCCO1. The van der Waals surface area contributed by atoms with Crippen LogP contribution in [0.2, 0.25) is 0 Å². The molecule has 104 valence electrons. The standard InChI is InChI=1S/C15H21NO3/c1-11-10-12(15(17)18)5-6-14(11)16-8-7-13-4-2-3-9-19-13/h5-6,10,13,16H,2-4,7-9H2,1H3,(H,17,18). The first-order valence-electron chi connectivity index (χ1n) is 6.86. The van der Waals surface area contributed by atoms with Gasteiger partial charge in [0, 0.05) is 18.8 Å². The van der Waals surface area contributed by atoms with Gasteiger partial charge in [0.15, 0.2) is 0 Å². The maximum atomic E-state index is 10.8. The lowest BCUT2D eigenvalue weighted by Gasteiger charge is -2.23. The monoisotopic (exact) mass is 263 g/mol. The molecule has 1 heterocycles. The van der Waals surface area contributed by atoms with Gasteiger partial charge in [0.1, 0.15) is 0 Å². The van der Waals surface area contributed by atoms with Crippen LogP contribution in [0.15, 0.2) is 18.2 Å². The minimum atomic E-state index is -0.884. The number of aryl methyl sites for hydroxylation is 1. The van der Waals surface area contributed by atoms with E-state index in [9.17, 15) is 4.79 Å². The van der Waals surface area contributed by atoms with E-state index in [-0.39, 0.29) is 0 Å². The molecule has 4 nitrogen and oxygen atoms in total. The number of carboxylic acids is 1. The van der Waals surface area contributed by atoms with E-state index >= 15 is 0 Å². The van der Waals surface area contributed by atoms with Gasteiger partial charge in [-0.25, -0.2) is 4.79 Å². The summed E-state index contributed by atoms with van der Waals surface area (Å²) in [5.74, 6) is -0.884. The topological polar surface area (TPSA) is 58.6 Å². The van der Waals surface area contributed by atoms with Crippen molar-refractivity contribution in [1.29, 1.82) is 0 Å². The summed E-state index contributed by atoms with van der Waals surface area (Å²) >= 11 is 0. The van der Waals surface area contributed by atoms with Crippen LogP contribution in [0.4, 0.5) is 5.69 Å². The summed E-state index contributed by atoms with van der Waals surface area (Å²) < 4.78 is 5.68. The van der Waals surface area contributed by atoms with Crippen LogP contribution >= 0.6 is 0 Å². The lowest BCUT2D eigenvalue weighted by atomic mass is 10.1. The molecule has 4 heteroatoms. The van der Waals surface area contributed by atoms with E-state index in [1.54, 1.807) is 12.1 Å². The fourth-order valence-corrected chi connectivity index (χ4v) is 2.40. The summed E-state index contributed by atoms with van der Waals surface area (Å²) in [4.78, 5) is 10.8. The van der Waals surface area contributed by atoms with E-state index in [4.69, 9.17) is 9.84 Å². The second-order valence-electron chi connectivity index (χ2n) is 5.04. The lowest BCUT2D eigenvalue weighted by Crippen LogP contribution is -2.22. The number of anilines is 1. The first-order chi connectivity index (χ1) is 9.16. The Hall–Kier alpha value is -1.55. The number of ether oxygens (including phenoxy) is 1. The molecule has 1 saturated heterocycles. The number of carbonyl (C=O) groups is 1. The van der Waals surface area contributed by atoms with Gasteiger partial charge >= 0.3 is 5.97 Å². The van der Waals surface area contributed by atoms with Gasteiger partial charge in [0.2, 0.25) is 0 Å². The number of carboxylic acid groups (broad SMARTS) is 1. The zero-order valence-electron chi connectivity index (χ0n) is 11.3. The van der Waals surface area contributed by atoms with Crippen LogP contribution in [0.3, 0.4) is 0 Å². The maximum Gasteiger partial charge on any atom is 0.335 e. The van der Waals surface area contributed by atoms with Crippen LogP contribution in [0.1, 0.15) is 41.6 Å². The van der Waals surface area contributed by atoms with Crippen molar-refractivity contribution in [3.8, 4) is 0 Å². The molecule has 0 saturated carbocycles. The highest BCUT2D eigenvalue weighted by Crippen LogP contribution is 2.19. The average molecular weight is 263 g/mol. The lowest BCUT2D eigenvalue weighted by molar-refractivity contribution is 0.0134. The van der Waals surface area contributed by atoms with Gasteiger partial charge in [0.25, 0.3) is 0 Å². The molecule has 0 radical (unpaired) electrons. The second kappa shape index (κ2) is 6.57. The fourth-order valence-electron chi connectivity index (χ4n) is 2.40. The van der Waals surface area contributed by atoms with E-state index in [1.807, 2.05) is 13.0 Å². The van der Waals surface area contributed by atoms with E-state index in [2.05, 4.69) is 5.32 Å². The average Bonchev–Trinajstić information content (AvgIpc) is 2.41. The van der Waals surface area contributed by atoms with Gasteiger partial charge in [-0.15, -0.1) is 0 Å². The van der Waals surface area contributed by atoms with Crippen molar-refractivity contribution < 1.29 is 14.6 Å². The molecular weight excluding hydrogens is 242 g/mol. The molecule has 1 aromatic carbocycles. The van der Waals surface area contributed by atoms with Gasteiger partial charge in [-0.2, -0.15) is 0 Å². The van der Waals surface area contributed by atoms with Crippen LogP contribution in [-0.2, 0) is 4.74 Å². The molecule has 1 aliphatic rings. The third kappa shape index (κ3) is 3.96. The van der Waals surface area contributed by atoms with Crippen molar-refractivity contribution in [3.63, 3.8) is 0 Å². The first-order valence-corrected chi connectivity index (χ1v) is 6.86. The quantitative estimate of drug-likeness (QED) is 0.857. The summed E-state index contributed by atoms with van der Waals surface area (Å²) in [5.41, 5.74) is 2.30. The molecule has 2 N–H and O–H groups in total. The van der Waals surface area contributed by atoms with Crippen molar-refractivity contribution in [3.05, 3.63) is 29.3 Å². The number of rotatable bonds is 5. The minimum absolute atomic E-state index is 0.332. The predicted molar refractivity (Wildman–Crippen MR) is 74.8 cm³/mol. The Bertz CT molecular complexity index is 439. The highest BCUT2D eigenvalue weighted by atomic mass is 16.5. The first kappa shape index (κ1) is 13.9. The van der Waals surface area contributed by atoms with Crippen LogP contribution in [0.5, 0.6) is 0 Å². The Balaban J connectivity index is 1.83. The smallest absolute Gasteiger partial charge is 0.335 e. The predicted octanol–water partition coefficient (Wildman–Crippen LogP) is 3.06. The van der Waals surface area contributed by atoms with E-state index in [1.165, 1.54) is 12.8 Å². The van der Waals surface area contributed by atoms with Crippen molar-refractivity contribution in [2.45, 2.75) is 38.7 Å². The number of benzene rings is 1. The van der Waals surface area contributed by atoms with Crippen molar-refractivity contribution >= 4 is 11.7 Å². The van der Waals surface area contributed by atoms with Crippen LogP contribution < -0.4 is 5.32 Å². The third-order valence-corrected chi connectivity index (χ3v) is 3.53. The molecule has 0 aliphatic carbocycles.